The van der Waals surface area contributed by atoms with Crippen LogP contribution in [0.5, 0.6) is 11.5 Å². The van der Waals surface area contributed by atoms with Crippen LogP contribution in [0.25, 0.3) is 0 Å². The molecule has 162 valence electrons. The van der Waals surface area contributed by atoms with Crippen molar-refractivity contribution in [3.8, 4) is 11.5 Å². The van der Waals surface area contributed by atoms with E-state index < -0.39 is 0 Å². The van der Waals surface area contributed by atoms with Crippen LogP contribution in [0.15, 0.2) is 53.5 Å². The second-order valence-corrected chi connectivity index (χ2v) is 6.74. The van der Waals surface area contributed by atoms with Gasteiger partial charge in [0.25, 0.3) is 5.91 Å². The van der Waals surface area contributed by atoms with E-state index in [1.54, 1.807) is 13.2 Å². The molecule has 30 heavy (non-hydrogen) atoms. The molecule has 1 amide bonds. The van der Waals surface area contributed by atoms with Crippen LogP contribution in [-0.2, 0) is 6.54 Å². The number of amides is 1. The van der Waals surface area contributed by atoms with Gasteiger partial charge in [0.2, 0.25) is 0 Å². The highest BCUT2D eigenvalue weighted by molar-refractivity contribution is 5.94. The minimum atomic E-state index is -0.0723. The number of nitrogens with zero attached hydrogens (tertiary/aromatic N) is 1. The van der Waals surface area contributed by atoms with Crippen LogP contribution < -0.4 is 25.4 Å². The molecule has 0 saturated carbocycles. The SMILES string of the molecule is CCNC(=O)c1cccc(CN=C(NCC)NCC(C)Oc2cccc(OC)c2)c1. The molecule has 7 heteroatoms. The zero-order valence-corrected chi connectivity index (χ0v) is 18.2. The molecule has 0 fully saturated rings. The van der Waals surface area contributed by atoms with Gasteiger partial charge in [-0.1, -0.05) is 18.2 Å². The number of ether oxygens (including phenoxy) is 2. The van der Waals surface area contributed by atoms with Crippen LogP contribution in [0.1, 0.15) is 36.7 Å². The van der Waals surface area contributed by atoms with Gasteiger partial charge in [0.1, 0.15) is 17.6 Å². The molecule has 1 atom stereocenters. The lowest BCUT2D eigenvalue weighted by atomic mass is 10.1. The third-order valence-corrected chi connectivity index (χ3v) is 4.23. The lowest BCUT2D eigenvalue weighted by Crippen LogP contribution is -2.41. The quantitative estimate of drug-likeness (QED) is 0.413. The molecule has 0 spiro atoms. The molecule has 7 nitrogen and oxygen atoms in total. The van der Waals surface area contributed by atoms with Crippen molar-refractivity contribution < 1.29 is 14.3 Å². The highest BCUT2D eigenvalue weighted by Gasteiger charge is 2.08. The number of guanidine groups is 1. The van der Waals surface area contributed by atoms with Gasteiger partial charge in [0, 0.05) is 24.7 Å². The van der Waals surface area contributed by atoms with Crippen LogP contribution >= 0.6 is 0 Å². The third kappa shape index (κ3) is 7.66. The lowest BCUT2D eigenvalue weighted by Gasteiger charge is -2.18. The average molecular weight is 413 g/mol. The van der Waals surface area contributed by atoms with Crippen molar-refractivity contribution >= 4 is 11.9 Å². The Morgan fingerprint density at radius 1 is 1.00 bits per heavy atom. The maximum absolute atomic E-state index is 12.0. The Balaban J connectivity index is 1.94. The fraction of sp³-hybridized carbons (Fsp3) is 0.391. The smallest absolute Gasteiger partial charge is 0.251 e. The van der Waals surface area contributed by atoms with Gasteiger partial charge in [-0.2, -0.15) is 0 Å². The molecular weight excluding hydrogens is 380 g/mol. The number of benzene rings is 2. The zero-order valence-electron chi connectivity index (χ0n) is 18.2. The minimum Gasteiger partial charge on any atom is -0.497 e. The minimum absolute atomic E-state index is 0.0676. The number of aliphatic imine (C=N–C) groups is 1. The van der Waals surface area contributed by atoms with Crippen LogP contribution in [0.4, 0.5) is 0 Å². The number of rotatable bonds is 10. The summed E-state index contributed by atoms with van der Waals surface area (Å²) in [5.41, 5.74) is 1.61. The average Bonchev–Trinajstić information content (AvgIpc) is 2.76. The summed E-state index contributed by atoms with van der Waals surface area (Å²) in [6.07, 6.45) is -0.0676. The Bertz CT molecular complexity index is 839. The van der Waals surface area contributed by atoms with Crippen molar-refractivity contribution in [1.82, 2.24) is 16.0 Å². The third-order valence-electron chi connectivity index (χ3n) is 4.23. The van der Waals surface area contributed by atoms with Crippen LogP contribution in [0, 0.1) is 0 Å². The van der Waals surface area contributed by atoms with Gasteiger partial charge in [0.15, 0.2) is 5.96 Å². The van der Waals surface area contributed by atoms with Gasteiger partial charge in [0.05, 0.1) is 20.2 Å². The van der Waals surface area contributed by atoms with Gasteiger partial charge in [-0.05, 0) is 50.6 Å². The van der Waals surface area contributed by atoms with E-state index in [1.165, 1.54) is 0 Å². The summed E-state index contributed by atoms with van der Waals surface area (Å²) >= 11 is 0. The van der Waals surface area contributed by atoms with Crippen molar-refractivity contribution in [3.05, 3.63) is 59.7 Å². The maximum Gasteiger partial charge on any atom is 0.251 e. The summed E-state index contributed by atoms with van der Waals surface area (Å²) in [6, 6.07) is 15.1. The van der Waals surface area contributed by atoms with Crippen LogP contribution in [0.3, 0.4) is 0 Å². The monoisotopic (exact) mass is 412 g/mol. The van der Waals surface area contributed by atoms with Crippen molar-refractivity contribution in [2.45, 2.75) is 33.4 Å². The summed E-state index contributed by atoms with van der Waals surface area (Å²) in [6.45, 7) is 8.31. The first-order valence-electron chi connectivity index (χ1n) is 10.3. The zero-order chi connectivity index (χ0) is 21.8. The highest BCUT2D eigenvalue weighted by atomic mass is 16.5. The van der Waals surface area contributed by atoms with E-state index in [9.17, 15) is 4.79 Å². The number of hydrogen-bond acceptors (Lipinski definition) is 4. The van der Waals surface area contributed by atoms with E-state index in [1.807, 2.05) is 63.2 Å². The summed E-state index contributed by atoms with van der Waals surface area (Å²) in [7, 11) is 1.63. The fourth-order valence-electron chi connectivity index (χ4n) is 2.77. The number of carbonyl (C=O) groups is 1. The highest BCUT2D eigenvalue weighted by Crippen LogP contribution is 2.19. The first-order chi connectivity index (χ1) is 14.5. The lowest BCUT2D eigenvalue weighted by molar-refractivity contribution is 0.0955. The molecule has 2 aromatic carbocycles. The van der Waals surface area contributed by atoms with Gasteiger partial charge < -0.3 is 25.4 Å². The number of hydrogen-bond donors (Lipinski definition) is 3. The Kier molecular flexibility index (Phi) is 9.51. The van der Waals surface area contributed by atoms with E-state index in [0.717, 1.165) is 23.6 Å². The second kappa shape index (κ2) is 12.4. The Labute approximate surface area is 178 Å². The Hall–Kier alpha value is -3.22. The van der Waals surface area contributed by atoms with Crippen molar-refractivity contribution in [2.24, 2.45) is 4.99 Å². The van der Waals surface area contributed by atoms with E-state index in [2.05, 4.69) is 20.9 Å². The van der Waals surface area contributed by atoms with Crippen molar-refractivity contribution in [3.63, 3.8) is 0 Å². The van der Waals surface area contributed by atoms with Gasteiger partial charge in [-0.3, -0.25) is 4.79 Å². The maximum atomic E-state index is 12.0. The van der Waals surface area contributed by atoms with Crippen molar-refractivity contribution in [1.29, 1.82) is 0 Å². The van der Waals surface area contributed by atoms with E-state index in [4.69, 9.17) is 9.47 Å². The van der Waals surface area contributed by atoms with Gasteiger partial charge in [-0.25, -0.2) is 4.99 Å². The van der Waals surface area contributed by atoms with Crippen LogP contribution in [-0.4, -0.2) is 44.7 Å². The number of nitrogens with one attached hydrogen (secondary N) is 3. The first-order valence-corrected chi connectivity index (χ1v) is 10.3. The molecule has 0 radical (unpaired) electrons. The Morgan fingerprint density at radius 2 is 1.73 bits per heavy atom. The van der Waals surface area contributed by atoms with Gasteiger partial charge in [-0.15, -0.1) is 0 Å². The summed E-state index contributed by atoms with van der Waals surface area (Å²) in [5, 5.41) is 9.35. The molecule has 0 aliphatic heterocycles. The summed E-state index contributed by atoms with van der Waals surface area (Å²) < 4.78 is 11.2. The van der Waals surface area contributed by atoms with E-state index >= 15 is 0 Å². The summed E-state index contributed by atoms with van der Waals surface area (Å²) in [5.74, 6) is 2.14. The molecule has 0 bridgehead atoms. The second-order valence-electron chi connectivity index (χ2n) is 6.74. The number of carbonyl (C=O) groups excluding carboxylic acids is 1. The molecule has 2 aromatic rings. The normalized spacial score (nSPS) is 12.1. The predicted octanol–water partition coefficient (Wildman–Crippen LogP) is 2.97. The molecule has 1 unspecified atom stereocenters. The molecule has 0 aromatic heterocycles. The molecule has 0 saturated heterocycles. The first kappa shape index (κ1) is 23.1. The topological polar surface area (TPSA) is 84.0 Å². The molecule has 0 aliphatic carbocycles. The molecular formula is C23H32N4O3. The molecule has 0 heterocycles. The fourth-order valence-corrected chi connectivity index (χ4v) is 2.77. The standard InChI is InChI=1S/C23H32N4O3/c1-5-24-22(28)19-10-7-9-18(13-19)16-27-23(25-6-2)26-15-17(3)30-21-12-8-11-20(14-21)29-4/h7-14,17H,5-6,15-16H2,1-4H3,(H,24,28)(H2,25,26,27). The van der Waals surface area contributed by atoms with E-state index in [-0.39, 0.29) is 12.0 Å². The number of methoxy groups -OCH3 is 1. The largest absolute Gasteiger partial charge is 0.497 e. The van der Waals surface area contributed by atoms with E-state index in [0.29, 0.717) is 31.2 Å². The Morgan fingerprint density at radius 3 is 2.47 bits per heavy atom. The summed E-state index contributed by atoms with van der Waals surface area (Å²) in [4.78, 5) is 16.6. The predicted molar refractivity (Wildman–Crippen MR) is 120 cm³/mol. The molecule has 2 rings (SSSR count). The molecule has 3 N–H and O–H groups in total. The molecule has 0 aliphatic rings. The van der Waals surface area contributed by atoms with Gasteiger partial charge >= 0.3 is 0 Å². The van der Waals surface area contributed by atoms with Crippen LogP contribution in [0.2, 0.25) is 0 Å². The van der Waals surface area contributed by atoms with Crippen molar-refractivity contribution in [2.75, 3.05) is 26.7 Å².